The minimum Gasteiger partial charge on any atom is -0.496 e. The maximum absolute atomic E-state index is 12.2. The second-order valence-electron chi connectivity index (χ2n) is 5.29. The van der Waals surface area contributed by atoms with Crippen LogP contribution in [0.5, 0.6) is 5.75 Å². The number of amides is 1. The van der Waals surface area contributed by atoms with E-state index in [0.717, 1.165) is 6.42 Å². The van der Waals surface area contributed by atoms with Crippen LogP contribution < -0.4 is 10.1 Å². The summed E-state index contributed by atoms with van der Waals surface area (Å²) in [6.45, 7) is 3.59. The number of aryl methyl sites for hydroxylation is 1. The van der Waals surface area contributed by atoms with E-state index in [9.17, 15) is 9.59 Å². The van der Waals surface area contributed by atoms with Gasteiger partial charge in [0.1, 0.15) is 11.3 Å². The Labute approximate surface area is 141 Å². The molecule has 2 rings (SSSR count). The number of esters is 1. The predicted molar refractivity (Wildman–Crippen MR) is 92.3 cm³/mol. The summed E-state index contributed by atoms with van der Waals surface area (Å²) >= 11 is 0. The molecule has 0 saturated carbocycles. The molecule has 0 aromatic heterocycles. The van der Waals surface area contributed by atoms with Crippen molar-refractivity contribution in [2.45, 2.75) is 26.4 Å². The highest BCUT2D eigenvalue weighted by atomic mass is 16.5. The third kappa shape index (κ3) is 4.35. The normalized spacial score (nSPS) is 11.5. The van der Waals surface area contributed by atoms with Crippen molar-refractivity contribution in [1.29, 1.82) is 0 Å². The van der Waals surface area contributed by atoms with Crippen molar-refractivity contribution in [1.82, 2.24) is 0 Å². The highest BCUT2D eigenvalue weighted by molar-refractivity contribution is 5.98. The van der Waals surface area contributed by atoms with Crippen LogP contribution in [0.3, 0.4) is 0 Å². The van der Waals surface area contributed by atoms with E-state index in [1.807, 2.05) is 24.3 Å². The Bertz CT molecular complexity index is 710. The maximum Gasteiger partial charge on any atom is 0.342 e. The van der Waals surface area contributed by atoms with Crippen LogP contribution in [0.15, 0.2) is 48.5 Å². The van der Waals surface area contributed by atoms with Gasteiger partial charge < -0.3 is 14.8 Å². The van der Waals surface area contributed by atoms with Crippen LogP contribution in [-0.4, -0.2) is 25.1 Å². The quantitative estimate of drug-likeness (QED) is 0.826. The standard InChI is InChI=1S/C19H21NO4/c1-4-14-9-11-15(12-10-14)20-18(21)13(2)24-19(22)16-7-5-6-8-17(16)23-3/h5-13H,4H2,1-3H3,(H,20,21). The molecular weight excluding hydrogens is 306 g/mol. The number of methoxy groups -OCH3 is 1. The largest absolute Gasteiger partial charge is 0.496 e. The maximum atomic E-state index is 12.2. The van der Waals surface area contributed by atoms with Crippen molar-refractivity contribution in [3.63, 3.8) is 0 Å². The van der Waals surface area contributed by atoms with Gasteiger partial charge >= 0.3 is 5.97 Å². The molecule has 0 heterocycles. The molecule has 1 atom stereocenters. The molecule has 5 nitrogen and oxygen atoms in total. The van der Waals surface area contributed by atoms with Gasteiger partial charge in [0.05, 0.1) is 7.11 Å². The van der Waals surface area contributed by atoms with Crippen molar-refractivity contribution in [3.8, 4) is 5.75 Å². The first kappa shape index (κ1) is 17.5. The van der Waals surface area contributed by atoms with Crippen LogP contribution in [0, 0.1) is 0 Å². The topological polar surface area (TPSA) is 64.6 Å². The lowest BCUT2D eigenvalue weighted by Gasteiger charge is -2.15. The van der Waals surface area contributed by atoms with Crippen LogP contribution in [-0.2, 0) is 16.0 Å². The fourth-order valence-corrected chi connectivity index (χ4v) is 2.16. The molecule has 0 saturated heterocycles. The molecule has 126 valence electrons. The smallest absolute Gasteiger partial charge is 0.342 e. The van der Waals surface area contributed by atoms with Crippen molar-refractivity contribution in [3.05, 3.63) is 59.7 Å². The molecule has 1 amide bonds. The van der Waals surface area contributed by atoms with E-state index in [0.29, 0.717) is 11.4 Å². The number of para-hydroxylation sites is 1. The summed E-state index contributed by atoms with van der Waals surface area (Å²) < 4.78 is 10.4. The summed E-state index contributed by atoms with van der Waals surface area (Å²) in [4.78, 5) is 24.4. The van der Waals surface area contributed by atoms with E-state index in [4.69, 9.17) is 9.47 Å². The van der Waals surface area contributed by atoms with Gasteiger partial charge in [0.15, 0.2) is 6.10 Å². The molecule has 2 aromatic rings. The molecular formula is C19H21NO4. The van der Waals surface area contributed by atoms with E-state index in [1.165, 1.54) is 19.6 Å². The van der Waals surface area contributed by atoms with Gasteiger partial charge in [-0.15, -0.1) is 0 Å². The molecule has 0 aliphatic heterocycles. The van der Waals surface area contributed by atoms with Gasteiger partial charge in [0, 0.05) is 5.69 Å². The minimum absolute atomic E-state index is 0.284. The number of carbonyl (C=O) groups is 2. The molecule has 1 unspecified atom stereocenters. The summed E-state index contributed by atoms with van der Waals surface area (Å²) in [5, 5.41) is 2.73. The van der Waals surface area contributed by atoms with Gasteiger partial charge in [-0.2, -0.15) is 0 Å². The van der Waals surface area contributed by atoms with Crippen LogP contribution in [0.25, 0.3) is 0 Å². The highest BCUT2D eigenvalue weighted by Gasteiger charge is 2.21. The Balaban J connectivity index is 1.98. The number of ether oxygens (including phenoxy) is 2. The molecule has 0 radical (unpaired) electrons. The van der Waals surface area contributed by atoms with Gasteiger partial charge in [-0.25, -0.2) is 4.79 Å². The summed E-state index contributed by atoms with van der Waals surface area (Å²) in [6, 6.07) is 14.3. The number of carbonyl (C=O) groups excluding carboxylic acids is 2. The third-order valence-electron chi connectivity index (χ3n) is 3.61. The lowest BCUT2D eigenvalue weighted by Crippen LogP contribution is -2.30. The summed E-state index contributed by atoms with van der Waals surface area (Å²) in [6.07, 6.45) is 0.00879. The van der Waals surface area contributed by atoms with Crippen molar-refractivity contribution >= 4 is 17.6 Å². The zero-order valence-electron chi connectivity index (χ0n) is 14.0. The Morgan fingerprint density at radius 2 is 1.75 bits per heavy atom. The number of rotatable bonds is 6. The zero-order valence-corrected chi connectivity index (χ0v) is 14.0. The molecule has 0 aliphatic carbocycles. The average molecular weight is 327 g/mol. The molecule has 0 spiro atoms. The van der Waals surface area contributed by atoms with E-state index in [2.05, 4.69) is 12.2 Å². The first-order chi connectivity index (χ1) is 11.5. The number of hydrogen-bond donors (Lipinski definition) is 1. The first-order valence-corrected chi connectivity index (χ1v) is 7.79. The van der Waals surface area contributed by atoms with E-state index in [1.54, 1.807) is 24.3 Å². The molecule has 24 heavy (non-hydrogen) atoms. The summed E-state index contributed by atoms with van der Waals surface area (Å²) in [7, 11) is 1.47. The highest BCUT2D eigenvalue weighted by Crippen LogP contribution is 2.19. The van der Waals surface area contributed by atoms with Crippen molar-refractivity contribution < 1.29 is 19.1 Å². The second kappa shape index (κ2) is 8.15. The second-order valence-corrected chi connectivity index (χ2v) is 5.29. The van der Waals surface area contributed by atoms with Gasteiger partial charge in [-0.1, -0.05) is 31.2 Å². The van der Waals surface area contributed by atoms with Crippen molar-refractivity contribution in [2.24, 2.45) is 0 Å². The van der Waals surface area contributed by atoms with Crippen molar-refractivity contribution in [2.75, 3.05) is 12.4 Å². The fraction of sp³-hybridized carbons (Fsp3) is 0.263. The van der Waals surface area contributed by atoms with Gasteiger partial charge in [-0.05, 0) is 43.2 Å². The van der Waals surface area contributed by atoms with E-state index in [-0.39, 0.29) is 11.5 Å². The Kier molecular flexibility index (Phi) is 5.95. The number of benzene rings is 2. The number of hydrogen-bond acceptors (Lipinski definition) is 4. The lowest BCUT2D eigenvalue weighted by molar-refractivity contribution is -0.123. The van der Waals surface area contributed by atoms with Crippen LogP contribution >= 0.6 is 0 Å². The van der Waals surface area contributed by atoms with Gasteiger partial charge in [-0.3, -0.25) is 4.79 Å². The molecule has 2 aromatic carbocycles. The monoisotopic (exact) mass is 327 g/mol. The Morgan fingerprint density at radius 1 is 1.08 bits per heavy atom. The zero-order chi connectivity index (χ0) is 17.5. The lowest BCUT2D eigenvalue weighted by atomic mass is 10.1. The minimum atomic E-state index is -0.923. The van der Waals surface area contributed by atoms with Gasteiger partial charge in [0.2, 0.25) is 0 Å². The molecule has 0 aliphatic rings. The average Bonchev–Trinajstić information content (AvgIpc) is 2.62. The van der Waals surface area contributed by atoms with E-state index < -0.39 is 12.1 Å². The van der Waals surface area contributed by atoms with Gasteiger partial charge in [0.25, 0.3) is 5.91 Å². The Hall–Kier alpha value is -2.82. The molecule has 5 heteroatoms. The molecule has 0 fully saturated rings. The summed E-state index contributed by atoms with van der Waals surface area (Å²) in [5.41, 5.74) is 2.13. The van der Waals surface area contributed by atoms with Crippen LogP contribution in [0.2, 0.25) is 0 Å². The van der Waals surface area contributed by atoms with Crippen LogP contribution in [0.1, 0.15) is 29.8 Å². The Morgan fingerprint density at radius 3 is 2.38 bits per heavy atom. The molecule has 0 bridgehead atoms. The summed E-state index contributed by atoms with van der Waals surface area (Å²) in [5.74, 6) is -0.579. The van der Waals surface area contributed by atoms with E-state index >= 15 is 0 Å². The third-order valence-corrected chi connectivity index (χ3v) is 3.61. The predicted octanol–water partition coefficient (Wildman–Crippen LogP) is 3.44. The first-order valence-electron chi connectivity index (χ1n) is 7.79. The SMILES string of the molecule is CCc1ccc(NC(=O)C(C)OC(=O)c2ccccc2OC)cc1. The molecule has 1 N–H and O–H groups in total. The number of nitrogens with one attached hydrogen (secondary N) is 1. The fourth-order valence-electron chi connectivity index (χ4n) is 2.16. The number of anilines is 1. The van der Waals surface area contributed by atoms with Crippen LogP contribution in [0.4, 0.5) is 5.69 Å².